The van der Waals surface area contributed by atoms with Crippen LogP contribution in [0.15, 0.2) is 0 Å². The summed E-state index contributed by atoms with van der Waals surface area (Å²) in [7, 11) is 0. The Morgan fingerprint density at radius 2 is 1.79 bits per heavy atom. The number of fused-ring (bicyclic) bond motifs is 5. The standard InChI is InChI=1S/C25H40O4/c1-16(4-9-23(27)28)20-7-8-21-19-6-5-17-14-18(29-15-26)10-12-24(17,2)22(19)11-13-25(20,21)3/h15-22H,4-14H2,1-3H3,(H,27,28)/t16-,17-,18-,19?,20-,21?,22?,24+,25-/m0/s1. The molecule has 4 nitrogen and oxygen atoms in total. The zero-order chi connectivity index (χ0) is 20.8. The second kappa shape index (κ2) is 7.89. The second-order valence-corrected chi connectivity index (χ2v) is 11.4. The summed E-state index contributed by atoms with van der Waals surface area (Å²) in [4.78, 5) is 21.9. The summed E-state index contributed by atoms with van der Waals surface area (Å²) >= 11 is 0. The first-order valence-corrected chi connectivity index (χ1v) is 12.1. The third kappa shape index (κ3) is 3.53. The molecule has 0 aliphatic heterocycles. The van der Waals surface area contributed by atoms with Crippen LogP contribution in [0.1, 0.15) is 91.4 Å². The molecule has 0 aromatic carbocycles. The van der Waals surface area contributed by atoms with Crippen LogP contribution >= 0.6 is 0 Å². The molecule has 0 aromatic rings. The summed E-state index contributed by atoms with van der Waals surface area (Å²) in [5, 5.41) is 9.12. The average Bonchev–Trinajstić information content (AvgIpc) is 3.04. The van der Waals surface area contributed by atoms with E-state index >= 15 is 0 Å². The molecule has 0 amide bonds. The molecule has 164 valence electrons. The van der Waals surface area contributed by atoms with E-state index in [1.807, 2.05) is 0 Å². The smallest absolute Gasteiger partial charge is 0.303 e. The van der Waals surface area contributed by atoms with Crippen molar-refractivity contribution in [3.63, 3.8) is 0 Å². The molecule has 0 aromatic heterocycles. The van der Waals surface area contributed by atoms with Gasteiger partial charge in [-0.1, -0.05) is 20.8 Å². The third-order valence-electron chi connectivity index (χ3n) is 10.4. The lowest BCUT2D eigenvalue weighted by molar-refractivity contribution is -0.151. The van der Waals surface area contributed by atoms with E-state index < -0.39 is 5.97 Å². The van der Waals surface area contributed by atoms with Crippen molar-refractivity contribution >= 4 is 12.4 Å². The van der Waals surface area contributed by atoms with Crippen molar-refractivity contribution in [1.82, 2.24) is 0 Å². The molecule has 0 radical (unpaired) electrons. The fourth-order valence-electron chi connectivity index (χ4n) is 8.95. The van der Waals surface area contributed by atoms with Crippen molar-refractivity contribution in [3.8, 4) is 0 Å². The Balaban J connectivity index is 1.48. The van der Waals surface area contributed by atoms with Gasteiger partial charge in [-0.2, -0.15) is 0 Å². The topological polar surface area (TPSA) is 63.6 Å². The van der Waals surface area contributed by atoms with Gasteiger partial charge in [-0.15, -0.1) is 0 Å². The third-order valence-corrected chi connectivity index (χ3v) is 10.4. The summed E-state index contributed by atoms with van der Waals surface area (Å²) in [5.74, 6) is 3.75. The minimum atomic E-state index is -0.652. The number of carbonyl (C=O) groups is 2. The van der Waals surface area contributed by atoms with Gasteiger partial charge in [-0.25, -0.2) is 0 Å². The van der Waals surface area contributed by atoms with Crippen molar-refractivity contribution in [2.24, 2.45) is 46.3 Å². The minimum Gasteiger partial charge on any atom is -0.481 e. The fourth-order valence-corrected chi connectivity index (χ4v) is 8.95. The molecule has 29 heavy (non-hydrogen) atoms. The van der Waals surface area contributed by atoms with Crippen LogP contribution in [0.4, 0.5) is 0 Å². The molecule has 0 saturated heterocycles. The first-order chi connectivity index (χ1) is 13.8. The summed E-state index contributed by atoms with van der Waals surface area (Å²) in [6.07, 6.45) is 12.5. The van der Waals surface area contributed by atoms with Gasteiger partial charge in [0.2, 0.25) is 0 Å². The maximum atomic E-state index is 11.1. The minimum absolute atomic E-state index is 0.141. The lowest BCUT2D eigenvalue weighted by atomic mass is 9.44. The maximum Gasteiger partial charge on any atom is 0.303 e. The Morgan fingerprint density at radius 3 is 2.52 bits per heavy atom. The highest BCUT2D eigenvalue weighted by molar-refractivity contribution is 5.66. The van der Waals surface area contributed by atoms with E-state index in [1.165, 1.54) is 44.9 Å². The molecule has 4 heteroatoms. The van der Waals surface area contributed by atoms with Gasteiger partial charge in [0, 0.05) is 6.42 Å². The van der Waals surface area contributed by atoms with E-state index in [2.05, 4.69) is 20.8 Å². The van der Waals surface area contributed by atoms with Crippen LogP contribution in [0.3, 0.4) is 0 Å². The molecule has 4 aliphatic carbocycles. The molecule has 4 rings (SSSR count). The predicted octanol–water partition coefficient (Wildman–Crippen LogP) is 5.69. The van der Waals surface area contributed by atoms with E-state index in [0.717, 1.165) is 37.0 Å². The molecule has 4 saturated carbocycles. The highest BCUT2D eigenvalue weighted by Gasteiger charge is 2.60. The van der Waals surface area contributed by atoms with Crippen LogP contribution in [0.5, 0.6) is 0 Å². The van der Waals surface area contributed by atoms with Crippen molar-refractivity contribution in [1.29, 1.82) is 0 Å². The van der Waals surface area contributed by atoms with Gasteiger partial charge < -0.3 is 9.84 Å². The molecule has 3 unspecified atom stereocenters. The normalized spacial score (nSPS) is 47.4. The predicted molar refractivity (Wildman–Crippen MR) is 112 cm³/mol. The van der Waals surface area contributed by atoms with Crippen LogP contribution in [0.2, 0.25) is 0 Å². The Kier molecular flexibility index (Phi) is 5.76. The quantitative estimate of drug-likeness (QED) is 0.578. The Bertz CT molecular complexity index is 632. The van der Waals surface area contributed by atoms with Crippen molar-refractivity contribution < 1.29 is 19.4 Å². The van der Waals surface area contributed by atoms with E-state index in [4.69, 9.17) is 9.84 Å². The van der Waals surface area contributed by atoms with Crippen LogP contribution in [-0.4, -0.2) is 23.7 Å². The number of hydrogen-bond acceptors (Lipinski definition) is 3. The summed E-state index contributed by atoms with van der Waals surface area (Å²) in [5.41, 5.74) is 0.820. The van der Waals surface area contributed by atoms with Crippen LogP contribution in [-0.2, 0) is 14.3 Å². The number of rotatable bonds is 6. The average molecular weight is 405 g/mol. The molecular weight excluding hydrogens is 364 g/mol. The van der Waals surface area contributed by atoms with E-state index in [1.54, 1.807) is 0 Å². The van der Waals surface area contributed by atoms with E-state index in [0.29, 0.717) is 41.5 Å². The number of carbonyl (C=O) groups excluding carboxylic acids is 1. The van der Waals surface area contributed by atoms with E-state index in [9.17, 15) is 9.59 Å². The van der Waals surface area contributed by atoms with Gasteiger partial charge in [-0.3, -0.25) is 9.59 Å². The first kappa shape index (κ1) is 21.2. The van der Waals surface area contributed by atoms with Crippen LogP contribution in [0.25, 0.3) is 0 Å². The molecule has 4 aliphatic rings. The monoisotopic (exact) mass is 404 g/mol. The van der Waals surface area contributed by atoms with Gasteiger partial charge in [0.15, 0.2) is 0 Å². The summed E-state index contributed by atoms with van der Waals surface area (Å²) < 4.78 is 5.36. The van der Waals surface area contributed by atoms with Gasteiger partial charge in [0.25, 0.3) is 6.47 Å². The molecule has 0 spiro atoms. The van der Waals surface area contributed by atoms with Gasteiger partial charge in [0.05, 0.1) is 0 Å². The van der Waals surface area contributed by atoms with Crippen molar-refractivity contribution in [3.05, 3.63) is 0 Å². The van der Waals surface area contributed by atoms with Crippen LogP contribution < -0.4 is 0 Å². The van der Waals surface area contributed by atoms with Crippen molar-refractivity contribution in [2.75, 3.05) is 0 Å². The van der Waals surface area contributed by atoms with Crippen LogP contribution in [0, 0.1) is 46.3 Å². The molecule has 0 bridgehead atoms. The second-order valence-electron chi connectivity index (χ2n) is 11.4. The Hall–Kier alpha value is -1.06. The summed E-state index contributed by atoms with van der Waals surface area (Å²) in [6, 6.07) is 0. The maximum absolute atomic E-state index is 11.1. The summed E-state index contributed by atoms with van der Waals surface area (Å²) in [6.45, 7) is 8.05. The largest absolute Gasteiger partial charge is 0.481 e. The molecular formula is C25H40O4. The zero-order valence-corrected chi connectivity index (χ0v) is 18.6. The Morgan fingerprint density at radius 1 is 1.07 bits per heavy atom. The lowest BCUT2D eigenvalue weighted by Gasteiger charge is -2.61. The highest BCUT2D eigenvalue weighted by atomic mass is 16.5. The SMILES string of the molecule is C[C@@H](CCC(=O)O)[C@@H]1CCC2C3CC[C@H]4C[C@@H](OC=O)CC[C@@]4(C)C3CC[C@]21C. The van der Waals surface area contributed by atoms with Gasteiger partial charge in [0.1, 0.15) is 6.10 Å². The fraction of sp³-hybridized carbons (Fsp3) is 0.920. The van der Waals surface area contributed by atoms with Gasteiger partial charge >= 0.3 is 5.97 Å². The number of aliphatic carboxylic acids is 1. The molecule has 9 atom stereocenters. The van der Waals surface area contributed by atoms with E-state index in [-0.39, 0.29) is 6.10 Å². The molecule has 1 N–H and O–H groups in total. The highest BCUT2D eigenvalue weighted by Crippen LogP contribution is 2.68. The molecule has 4 fully saturated rings. The lowest BCUT2D eigenvalue weighted by Crippen LogP contribution is -2.54. The number of hydrogen-bond donors (Lipinski definition) is 1. The number of ether oxygens (including phenoxy) is 1. The van der Waals surface area contributed by atoms with Gasteiger partial charge in [-0.05, 0) is 111 Å². The molecule has 0 heterocycles. The van der Waals surface area contributed by atoms with Crippen molar-refractivity contribution in [2.45, 2.75) is 97.5 Å². The zero-order valence-electron chi connectivity index (χ0n) is 18.6. The number of carboxylic acids is 1. The Labute approximate surface area is 176 Å². The number of carboxylic acid groups (broad SMARTS) is 1. The first-order valence-electron chi connectivity index (χ1n) is 12.1.